The van der Waals surface area contributed by atoms with Crippen LogP contribution in [0.4, 0.5) is 0 Å². The van der Waals surface area contributed by atoms with E-state index in [4.69, 9.17) is 14.0 Å². The maximum Gasteiger partial charge on any atom is 0.241 e. The van der Waals surface area contributed by atoms with Crippen LogP contribution in [0.15, 0.2) is 53.1 Å². The molecular formula is C26H32N4O4. The van der Waals surface area contributed by atoms with Gasteiger partial charge in [0.2, 0.25) is 17.6 Å². The molecule has 0 unspecified atom stereocenters. The second-order valence-corrected chi connectivity index (χ2v) is 8.29. The van der Waals surface area contributed by atoms with Crippen LogP contribution in [0.3, 0.4) is 0 Å². The zero-order valence-electron chi connectivity index (χ0n) is 19.8. The van der Waals surface area contributed by atoms with Gasteiger partial charge in [0.1, 0.15) is 0 Å². The van der Waals surface area contributed by atoms with Crippen LogP contribution in [0.2, 0.25) is 0 Å². The fraction of sp³-hybridized carbons (Fsp3) is 0.423. The number of nitrogens with one attached hydrogen (secondary N) is 1. The van der Waals surface area contributed by atoms with Crippen molar-refractivity contribution in [1.29, 1.82) is 0 Å². The fourth-order valence-corrected chi connectivity index (χ4v) is 4.11. The number of aromatic nitrogens is 2. The summed E-state index contributed by atoms with van der Waals surface area (Å²) in [7, 11) is 0. The number of hydrogen-bond acceptors (Lipinski definition) is 7. The maximum atomic E-state index is 12.8. The molecule has 1 saturated heterocycles. The molecule has 1 N–H and O–H groups in total. The zero-order chi connectivity index (χ0) is 23.8. The lowest BCUT2D eigenvalue weighted by Crippen LogP contribution is -2.40. The smallest absolute Gasteiger partial charge is 0.241 e. The first-order valence-electron chi connectivity index (χ1n) is 11.9. The molecule has 1 aliphatic rings. The highest BCUT2D eigenvalue weighted by Gasteiger charge is 2.26. The van der Waals surface area contributed by atoms with Crippen molar-refractivity contribution < 1.29 is 18.8 Å². The van der Waals surface area contributed by atoms with Crippen molar-refractivity contribution >= 4 is 5.91 Å². The van der Waals surface area contributed by atoms with Crippen molar-refractivity contribution in [2.24, 2.45) is 5.92 Å². The van der Waals surface area contributed by atoms with Crippen LogP contribution in [0.25, 0.3) is 11.4 Å². The summed E-state index contributed by atoms with van der Waals surface area (Å²) in [6.45, 7) is 7.73. The number of rotatable bonds is 10. The Morgan fingerprint density at radius 3 is 2.53 bits per heavy atom. The van der Waals surface area contributed by atoms with Crippen LogP contribution in [0.5, 0.6) is 11.5 Å². The molecule has 2 aromatic carbocycles. The molecule has 0 saturated carbocycles. The van der Waals surface area contributed by atoms with Crippen LogP contribution in [-0.2, 0) is 17.9 Å². The molecule has 4 rings (SSSR count). The molecule has 0 bridgehead atoms. The monoisotopic (exact) mass is 464 g/mol. The molecule has 1 fully saturated rings. The highest BCUT2D eigenvalue weighted by atomic mass is 16.5. The summed E-state index contributed by atoms with van der Waals surface area (Å²) >= 11 is 0. The lowest BCUT2D eigenvalue weighted by Gasteiger charge is -2.30. The minimum atomic E-state index is 0.00729. The summed E-state index contributed by atoms with van der Waals surface area (Å²) in [6.07, 6.45) is 1.61. The summed E-state index contributed by atoms with van der Waals surface area (Å²) in [5.41, 5.74) is 1.93. The van der Waals surface area contributed by atoms with Gasteiger partial charge in [-0.2, -0.15) is 4.98 Å². The third kappa shape index (κ3) is 6.14. The molecule has 2 heterocycles. The number of nitrogens with zero attached hydrogens (tertiary/aromatic N) is 3. The van der Waals surface area contributed by atoms with Crippen LogP contribution >= 0.6 is 0 Å². The summed E-state index contributed by atoms with van der Waals surface area (Å²) in [5, 5.41) is 7.17. The fourth-order valence-electron chi connectivity index (χ4n) is 4.11. The number of hydrogen-bond donors (Lipinski definition) is 1. The number of amides is 1. The van der Waals surface area contributed by atoms with Gasteiger partial charge in [-0.25, -0.2) is 0 Å². The molecule has 0 radical (unpaired) electrons. The van der Waals surface area contributed by atoms with E-state index in [1.165, 1.54) is 0 Å². The summed E-state index contributed by atoms with van der Waals surface area (Å²) < 4.78 is 16.7. The molecule has 180 valence electrons. The van der Waals surface area contributed by atoms with E-state index in [1.54, 1.807) is 0 Å². The van der Waals surface area contributed by atoms with Gasteiger partial charge in [0.25, 0.3) is 0 Å². The molecule has 0 atom stereocenters. The Bertz CT molecular complexity index is 1060. The third-order valence-corrected chi connectivity index (χ3v) is 5.89. The minimum absolute atomic E-state index is 0.00729. The van der Waals surface area contributed by atoms with Gasteiger partial charge in [-0.1, -0.05) is 41.6 Å². The van der Waals surface area contributed by atoms with Crippen molar-refractivity contribution in [3.05, 3.63) is 60.0 Å². The second kappa shape index (κ2) is 11.7. The van der Waals surface area contributed by atoms with E-state index >= 15 is 0 Å². The average Bonchev–Trinajstić information content (AvgIpc) is 3.34. The molecule has 1 amide bonds. The Labute approximate surface area is 200 Å². The van der Waals surface area contributed by atoms with E-state index in [-0.39, 0.29) is 11.8 Å². The Morgan fingerprint density at radius 1 is 1.06 bits per heavy atom. The lowest BCUT2D eigenvalue weighted by molar-refractivity contribution is -0.126. The van der Waals surface area contributed by atoms with Crippen molar-refractivity contribution in [3.63, 3.8) is 0 Å². The van der Waals surface area contributed by atoms with Gasteiger partial charge >= 0.3 is 0 Å². The summed E-state index contributed by atoms with van der Waals surface area (Å²) in [4.78, 5) is 19.5. The molecule has 8 heteroatoms. The first kappa shape index (κ1) is 23.8. The second-order valence-electron chi connectivity index (χ2n) is 8.29. The molecule has 1 aliphatic heterocycles. The van der Waals surface area contributed by atoms with Gasteiger partial charge in [-0.05, 0) is 57.5 Å². The largest absolute Gasteiger partial charge is 0.490 e. The van der Waals surface area contributed by atoms with Gasteiger partial charge in [0, 0.05) is 18.0 Å². The molecule has 0 aliphatic carbocycles. The highest BCUT2D eigenvalue weighted by Crippen LogP contribution is 2.28. The van der Waals surface area contributed by atoms with E-state index in [0.29, 0.717) is 43.8 Å². The molecule has 1 aromatic heterocycles. The van der Waals surface area contributed by atoms with Gasteiger partial charge in [0.05, 0.1) is 19.8 Å². The molecule has 3 aromatic rings. The van der Waals surface area contributed by atoms with E-state index in [0.717, 1.165) is 42.8 Å². The number of likely N-dealkylation sites (tertiary alicyclic amines) is 1. The van der Waals surface area contributed by atoms with Crippen LogP contribution in [0, 0.1) is 5.92 Å². The highest BCUT2D eigenvalue weighted by molar-refractivity contribution is 5.78. The van der Waals surface area contributed by atoms with Gasteiger partial charge in [-0.15, -0.1) is 0 Å². The molecule has 8 nitrogen and oxygen atoms in total. The van der Waals surface area contributed by atoms with E-state index < -0.39 is 0 Å². The molecular weight excluding hydrogens is 432 g/mol. The normalized spacial score (nSPS) is 14.6. The predicted octanol–water partition coefficient (Wildman–Crippen LogP) is 4.06. The van der Waals surface area contributed by atoms with Crippen molar-refractivity contribution in [1.82, 2.24) is 20.4 Å². The van der Waals surface area contributed by atoms with Gasteiger partial charge in [-0.3, -0.25) is 9.69 Å². The number of carbonyl (C=O) groups excluding carboxylic acids is 1. The average molecular weight is 465 g/mol. The predicted molar refractivity (Wildman–Crippen MR) is 128 cm³/mol. The zero-order valence-corrected chi connectivity index (χ0v) is 19.8. The lowest BCUT2D eigenvalue weighted by atomic mass is 9.96. The first-order valence-corrected chi connectivity index (χ1v) is 11.9. The van der Waals surface area contributed by atoms with Crippen molar-refractivity contribution in [3.8, 4) is 22.9 Å². The van der Waals surface area contributed by atoms with Crippen LogP contribution < -0.4 is 14.8 Å². The number of benzene rings is 2. The SMILES string of the molecule is CCOc1ccc(CNC(=O)C2CCN(Cc3nc(-c4ccccc4)no3)CC2)cc1OCC. The Morgan fingerprint density at radius 2 is 1.79 bits per heavy atom. The summed E-state index contributed by atoms with van der Waals surface area (Å²) in [5.74, 6) is 2.74. The first-order chi connectivity index (χ1) is 16.7. The minimum Gasteiger partial charge on any atom is -0.490 e. The van der Waals surface area contributed by atoms with Crippen LogP contribution in [-0.4, -0.2) is 47.3 Å². The van der Waals surface area contributed by atoms with Crippen molar-refractivity contribution in [2.75, 3.05) is 26.3 Å². The maximum absolute atomic E-state index is 12.8. The third-order valence-electron chi connectivity index (χ3n) is 5.89. The Balaban J connectivity index is 1.24. The van der Waals surface area contributed by atoms with Gasteiger partial charge < -0.3 is 19.3 Å². The topological polar surface area (TPSA) is 89.7 Å². The van der Waals surface area contributed by atoms with Crippen molar-refractivity contribution in [2.45, 2.75) is 39.8 Å². The summed E-state index contributed by atoms with van der Waals surface area (Å²) in [6, 6.07) is 15.6. The number of ether oxygens (including phenoxy) is 2. The Kier molecular flexibility index (Phi) is 8.14. The van der Waals surface area contributed by atoms with E-state index in [9.17, 15) is 4.79 Å². The molecule has 34 heavy (non-hydrogen) atoms. The van der Waals surface area contributed by atoms with E-state index in [2.05, 4.69) is 20.4 Å². The number of carbonyl (C=O) groups is 1. The quantitative estimate of drug-likeness (QED) is 0.484. The number of piperidine rings is 1. The molecule has 0 spiro atoms. The van der Waals surface area contributed by atoms with Crippen LogP contribution in [0.1, 0.15) is 38.1 Å². The van der Waals surface area contributed by atoms with E-state index in [1.807, 2.05) is 62.4 Å². The Hall–Kier alpha value is -3.39. The standard InChI is InChI=1S/C26H32N4O4/c1-3-32-22-11-10-19(16-23(22)33-4-2)17-27-26(31)21-12-14-30(15-13-21)18-24-28-25(29-34-24)20-8-6-5-7-9-20/h5-11,16,21H,3-4,12-15,17-18H2,1-2H3,(H,27,31). The van der Waals surface area contributed by atoms with Gasteiger partial charge in [0.15, 0.2) is 11.5 Å².